The van der Waals surface area contributed by atoms with Crippen LogP contribution in [0.25, 0.3) is 6.08 Å². The molecule has 23 heavy (non-hydrogen) atoms. The first-order valence-electron chi connectivity index (χ1n) is 8.35. The second-order valence-electron chi connectivity index (χ2n) is 6.47. The van der Waals surface area contributed by atoms with Gasteiger partial charge < -0.3 is 9.88 Å². The van der Waals surface area contributed by atoms with Crippen molar-refractivity contribution in [1.29, 1.82) is 0 Å². The molecule has 4 nitrogen and oxygen atoms in total. The van der Waals surface area contributed by atoms with E-state index in [4.69, 9.17) is 4.98 Å². The Morgan fingerprint density at radius 3 is 2.96 bits per heavy atom. The lowest BCUT2D eigenvalue weighted by molar-refractivity contribution is -0.116. The molecule has 1 aromatic heterocycles. The molecule has 0 bridgehead atoms. The van der Waals surface area contributed by atoms with E-state index in [-0.39, 0.29) is 11.8 Å². The van der Waals surface area contributed by atoms with Crippen LogP contribution >= 0.6 is 0 Å². The molecule has 3 heterocycles. The third kappa shape index (κ3) is 2.58. The van der Waals surface area contributed by atoms with Crippen molar-refractivity contribution in [3.63, 3.8) is 0 Å². The van der Waals surface area contributed by atoms with Gasteiger partial charge in [0.05, 0.1) is 5.69 Å². The Kier molecular flexibility index (Phi) is 3.52. The van der Waals surface area contributed by atoms with E-state index in [0.717, 1.165) is 36.7 Å². The maximum Gasteiger partial charge on any atom is 0.226 e. The highest BCUT2D eigenvalue weighted by Crippen LogP contribution is 2.39. The Balaban J connectivity index is 1.75. The monoisotopic (exact) mass is 307 g/mol. The molecule has 4 heteroatoms. The number of allylic oxidation sites excluding steroid dienone is 1. The van der Waals surface area contributed by atoms with Gasteiger partial charge in [0.2, 0.25) is 5.91 Å². The van der Waals surface area contributed by atoms with E-state index in [1.54, 1.807) is 0 Å². The van der Waals surface area contributed by atoms with Crippen molar-refractivity contribution in [2.45, 2.75) is 45.1 Å². The van der Waals surface area contributed by atoms with Crippen molar-refractivity contribution in [2.24, 2.45) is 0 Å². The summed E-state index contributed by atoms with van der Waals surface area (Å²) in [5, 5.41) is 3.05. The number of aryl methyl sites for hydroxylation is 1. The number of rotatable bonds is 2. The average molecular weight is 307 g/mol. The topological polar surface area (TPSA) is 46.9 Å². The van der Waals surface area contributed by atoms with Crippen molar-refractivity contribution < 1.29 is 4.79 Å². The Labute approximate surface area is 136 Å². The van der Waals surface area contributed by atoms with Crippen LogP contribution in [0, 0.1) is 0 Å². The van der Waals surface area contributed by atoms with E-state index in [1.807, 2.05) is 18.2 Å². The Hall–Kier alpha value is -2.36. The van der Waals surface area contributed by atoms with Gasteiger partial charge >= 0.3 is 0 Å². The normalized spacial score (nSPS) is 20.7. The van der Waals surface area contributed by atoms with Gasteiger partial charge in [0.1, 0.15) is 11.6 Å². The average Bonchev–Trinajstić information content (AvgIpc) is 2.93. The largest absolute Gasteiger partial charge is 0.314 e. The minimum absolute atomic E-state index is 0.0806. The van der Waals surface area contributed by atoms with Crippen LogP contribution in [0.1, 0.15) is 49.2 Å². The summed E-state index contributed by atoms with van der Waals surface area (Å²) in [7, 11) is 0. The zero-order valence-electron chi connectivity index (χ0n) is 13.4. The SMILES string of the molecule is C/C(=C\c1ccccc1)[C@H]1CC(=O)Nc2c1nc1n2CCCC1. The van der Waals surface area contributed by atoms with E-state index < -0.39 is 0 Å². The van der Waals surface area contributed by atoms with Gasteiger partial charge in [0.25, 0.3) is 0 Å². The second-order valence-corrected chi connectivity index (χ2v) is 6.47. The number of imidazole rings is 1. The number of hydrogen-bond acceptors (Lipinski definition) is 2. The molecule has 2 aliphatic heterocycles. The zero-order valence-corrected chi connectivity index (χ0v) is 13.4. The van der Waals surface area contributed by atoms with Crippen LogP contribution in [0.3, 0.4) is 0 Å². The standard InChI is InChI=1S/C19H21N3O/c1-13(11-14-7-3-2-4-8-14)15-12-17(23)21-19-18(15)20-16-9-5-6-10-22(16)19/h2-4,7-8,11,15H,5-6,9-10,12H2,1H3,(H,21,23)/b13-11+/t15-/m1/s1. The van der Waals surface area contributed by atoms with Crippen LogP contribution in [0.15, 0.2) is 35.9 Å². The first-order valence-corrected chi connectivity index (χ1v) is 8.35. The first kappa shape index (κ1) is 14.2. The van der Waals surface area contributed by atoms with E-state index in [2.05, 4.69) is 35.0 Å². The third-order valence-electron chi connectivity index (χ3n) is 4.83. The lowest BCUT2D eigenvalue weighted by Crippen LogP contribution is -2.25. The molecule has 0 saturated carbocycles. The molecule has 0 spiro atoms. The zero-order chi connectivity index (χ0) is 15.8. The lowest BCUT2D eigenvalue weighted by atomic mass is 9.89. The molecule has 1 atom stereocenters. The highest BCUT2D eigenvalue weighted by Gasteiger charge is 2.32. The molecule has 2 aliphatic rings. The summed E-state index contributed by atoms with van der Waals surface area (Å²) in [6.07, 6.45) is 6.02. The Morgan fingerprint density at radius 2 is 2.13 bits per heavy atom. The van der Waals surface area contributed by atoms with Gasteiger partial charge in [-0.1, -0.05) is 42.0 Å². The molecular weight excluding hydrogens is 286 g/mol. The number of hydrogen-bond donors (Lipinski definition) is 1. The van der Waals surface area contributed by atoms with Crippen LogP contribution in [-0.4, -0.2) is 15.5 Å². The maximum atomic E-state index is 12.2. The molecule has 1 aromatic carbocycles. The molecule has 0 radical (unpaired) electrons. The van der Waals surface area contributed by atoms with Crippen LogP contribution in [0.4, 0.5) is 5.82 Å². The summed E-state index contributed by atoms with van der Waals surface area (Å²) in [6.45, 7) is 3.07. The molecule has 4 rings (SSSR count). The van der Waals surface area contributed by atoms with Crippen molar-refractivity contribution in [1.82, 2.24) is 9.55 Å². The van der Waals surface area contributed by atoms with Crippen molar-refractivity contribution >= 4 is 17.8 Å². The minimum atomic E-state index is 0.0806. The molecule has 0 aliphatic carbocycles. The summed E-state index contributed by atoms with van der Waals surface area (Å²) in [4.78, 5) is 17.1. The molecule has 0 fully saturated rings. The van der Waals surface area contributed by atoms with Gasteiger partial charge in [-0.3, -0.25) is 4.79 Å². The van der Waals surface area contributed by atoms with Crippen molar-refractivity contribution in [2.75, 3.05) is 5.32 Å². The molecule has 118 valence electrons. The number of benzene rings is 1. The molecule has 0 saturated heterocycles. The van der Waals surface area contributed by atoms with Gasteiger partial charge in [-0.15, -0.1) is 0 Å². The van der Waals surface area contributed by atoms with Crippen LogP contribution in [0.5, 0.6) is 0 Å². The number of carbonyl (C=O) groups is 1. The van der Waals surface area contributed by atoms with Gasteiger partial charge in [-0.25, -0.2) is 4.98 Å². The van der Waals surface area contributed by atoms with Crippen LogP contribution in [-0.2, 0) is 17.8 Å². The maximum absolute atomic E-state index is 12.2. The predicted molar refractivity (Wildman–Crippen MR) is 91.2 cm³/mol. The van der Waals surface area contributed by atoms with Crippen molar-refractivity contribution in [3.8, 4) is 0 Å². The highest BCUT2D eigenvalue weighted by molar-refractivity contribution is 5.94. The van der Waals surface area contributed by atoms with Gasteiger partial charge in [0, 0.05) is 25.3 Å². The predicted octanol–water partition coefficient (Wildman–Crippen LogP) is 3.75. The van der Waals surface area contributed by atoms with Gasteiger partial charge in [-0.2, -0.15) is 0 Å². The third-order valence-corrected chi connectivity index (χ3v) is 4.83. The number of anilines is 1. The number of amides is 1. The summed E-state index contributed by atoms with van der Waals surface area (Å²) in [5.41, 5.74) is 3.41. The Morgan fingerprint density at radius 1 is 1.30 bits per heavy atom. The van der Waals surface area contributed by atoms with E-state index in [9.17, 15) is 4.79 Å². The molecule has 0 unspecified atom stereocenters. The summed E-state index contributed by atoms with van der Waals surface area (Å²) >= 11 is 0. The fourth-order valence-corrected chi connectivity index (χ4v) is 3.63. The molecular formula is C19H21N3O. The summed E-state index contributed by atoms with van der Waals surface area (Å²) in [5.74, 6) is 2.23. The fourth-order valence-electron chi connectivity index (χ4n) is 3.63. The van der Waals surface area contributed by atoms with Gasteiger partial charge in [0.15, 0.2) is 0 Å². The van der Waals surface area contributed by atoms with E-state index in [0.29, 0.717) is 6.42 Å². The number of carbonyl (C=O) groups excluding carboxylic acids is 1. The highest BCUT2D eigenvalue weighted by atomic mass is 16.1. The number of nitrogens with one attached hydrogen (secondary N) is 1. The molecule has 1 amide bonds. The van der Waals surface area contributed by atoms with Crippen LogP contribution in [0.2, 0.25) is 0 Å². The van der Waals surface area contributed by atoms with Crippen LogP contribution < -0.4 is 5.32 Å². The number of nitrogens with zero attached hydrogens (tertiary/aromatic N) is 2. The van der Waals surface area contributed by atoms with Crippen molar-refractivity contribution in [3.05, 3.63) is 53.0 Å². The molecule has 2 aromatic rings. The summed E-state index contributed by atoms with van der Waals surface area (Å²) in [6, 6.07) is 10.3. The molecule has 1 N–H and O–H groups in total. The number of fused-ring (bicyclic) bond motifs is 3. The quantitative estimate of drug-likeness (QED) is 0.918. The Bertz CT molecular complexity index is 773. The second kappa shape index (κ2) is 5.69. The lowest BCUT2D eigenvalue weighted by Gasteiger charge is -2.24. The minimum Gasteiger partial charge on any atom is -0.314 e. The smallest absolute Gasteiger partial charge is 0.226 e. The van der Waals surface area contributed by atoms with E-state index >= 15 is 0 Å². The first-order chi connectivity index (χ1) is 11.2. The van der Waals surface area contributed by atoms with Gasteiger partial charge in [-0.05, 0) is 25.3 Å². The fraction of sp³-hybridized carbons (Fsp3) is 0.368. The van der Waals surface area contributed by atoms with E-state index in [1.165, 1.54) is 17.6 Å². The summed E-state index contributed by atoms with van der Waals surface area (Å²) < 4.78 is 2.21. The number of aromatic nitrogens is 2.